The monoisotopic (exact) mass is 435 g/mol. The number of nitrogens with zero attached hydrogens (tertiary/aromatic N) is 5. The minimum atomic E-state index is 0.315. The van der Waals surface area contributed by atoms with E-state index in [0.717, 1.165) is 53.1 Å². The van der Waals surface area contributed by atoms with Crippen molar-refractivity contribution < 1.29 is 9.26 Å². The molecule has 0 amide bonds. The predicted molar refractivity (Wildman–Crippen MR) is 119 cm³/mol. The van der Waals surface area contributed by atoms with E-state index in [-0.39, 0.29) is 0 Å². The molecule has 2 aromatic heterocycles. The summed E-state index contributed by atoms with van der Waals surface area (Å²) in [5, 5.41) is 13.6. The molecule has 0 saturated heterocycles. The first-order valence-corrected chi connectivity index (χ1v) is 11.4. The molecular weight excluding hydrogens is 410 g/mol. The SMILES string of the molecule is CCCCc1noc(CSc2nnc(COc3ccccc3C)n2-c2ccccc2)n1. The molecule has 0 unspecified atom stereocenters. The number of unbranched alkanes of at least 4 members (excludes halogenated alkanes) is 1. The number of para-hydroxylation sites is 2. The van der Waals surface area contributed by atoms with Crippen molar-refractivity contribution in [3.63, 3.8) is 0 Å². The van der Waals surface area contributed by atoms with Gasteiger partial charge < -0.3 is 9.26 Å². The van der Waals surface area contributed by atoms with Crippen LogP contribution in [0.5, 0.6) is 5.75 Å². The fraction of sp³-hybridized carbons (Fsp3) is 0.304. The highest BCUT2D eigenvalue weighted by molar-refractivity contribution is 7.98. The number of hydrogen-bond acceptors (Lipinski definition) is 7. The van der Waals surface area contributed by atoms with Crippen molar-refractivity contribution in [1.29, 1.82) is 0 Å². The van der Waals surface area contributed by atoms with Gasteiger partial charge in [0, 0.05) is 12.1 Å². The number of aromatic nitrogens is 5. The molecule has 160 valence electrons. The second kappa shape index (κ2) is 10.3. The first-order chi connectivity index (χ1) is 15.2. The quantitative estimate of drug-likeness (QED) is 0.318. The van der Waals surface area contributed by atoms with Crippen molar-refractivity contribution in [3.8, 4) is 11.4 Å². The topological polar surface area (TPSA) is 78.9 Å². The van der Waals surface area contributed by atoms with Crippen molar-refractivity contribution in [2.45, 2.75) is 50.6 Å². The van der Waals surface area contributed by atoms with Gasteiger partial charge in [0.2, 0.25) is 5.89 Å². The molecule has 31 heavy (non-hydrogen) atoms. The smallest absolute Gasteiger partial charge is 0.237 e. The first-order valence-electron chi connectivity index (χ1n) is 10.4. The zero-order valence-electron chi connectivity index (χ0n) is 17.7. The third-order valence-corrected chi connectivity index (χ3v) is 5.67. The van der Waals surface area contributed by atoms with Crippen LogP contribution in [0.4, 0.5) is 0 Å². The maximum absolute atomic E-state index is 6.03. The predicted octanol–water partition coefficient (Wildman–Crippen LogP) is 5.17. The minimum Gasteiger partial charge on any atom is -0.485 e. The highest BCUT2D eigenvalue weighted by atomic mass is 32.2. The van der Waals surface area contributed by atoms with Crippen LogP contribution in [0.2, 0.25) is 0 Å². The Bertz CT molecular complexity index is 1110. The van der Waals surface area contributed by atoms with Crippen LogP contribution in [-0.4, -0.2) is 24.9 Å². The van der Waals surface area contributed by atoms with E-state index in [0.29, 0.717) is 18.3 Å². The van der Waals surface area contributed by atoms with E-state index in [9.17, 15) is 0 Å². The Morgan fingerprint density at radius 3 is 2.65 bits per heavy atom. The molecule has 0 radical (unpaired) electrons. The molecule has 0 saturated carbocycles. The van der Waals surface area contributed by atoms with Gasteiger partial charge in [0.05, 0.1) is 5.75 Å². The summed E-state index contributed by atoms with van der Waals surface area (Å²) >= 11 is 1.52. The lowest BCUT2D eigenvalue weighted by Gasteiger charge is -2.11. The van der Waals surface area contributed by atoms with Crippen molar-refractivity contribution in [2.24, 2.45) is 0 Å². The third-order valence-electron chi connectivity index (χ3n) is 4.75. The van der Waals surface area contributed by atoms with Gasteiger partial charge in [-0.05, 0) is 37.1 Å². The Balaban J connectivity index is 1.52. The summed E-state index contributed by atoms with van der Waals surface area (Å²) in [6.07, 6.45) is 3.00. The van der Waals surface area contributed by atoms with Gasteiger partial charge in [0.15, 0.2) is 16.8 Å². The summed E-state index contributed by atoms with van der Waals surface area (Å²) in [5.74, 6) is 3.45. The molecule has 4 rings (SSSR count). The van der Waals surface area contributed by atoms with Crippen molar-refractivity contribution in [1.82, 2.24) is 24.9 Å². The van der Waals surface area contributed by atoms with Gasteiger partial charge in [-0.3, -0.25) is 4.57 Å². The lowest BCUT2D eigenvalue weighted by molar-refractivity contribution is 0.291. The lowest BCUT2D eigenvalue weighted by Crippen LogP contribution is -2.07. The van der Waals surface area contributed by atoms with Crippen LogP contribution in [0.1, 0.15) is 42.9 Å². The number of rotatable bonds is 10. The van der Waals surface area contributed by atoms with Gasteiger partial charge in [-0.25, -0.2) is 0 Å². The third kappa shape index (κ3) is 5.32. The summed E-state index contributed by atoms with van der Waals surface area (Å²) in [4.78, 5) is 4.48. The van der Waals surface area contributed by atoms with Gasteiger partial charge in [-0.2, -0.15) is 4.98 Å². The molecule has 0 spiro atoms. The second-order valence-electron chi connectivity index (χ2n) is 7.12. The molecule has 0 aliphatic carbocycles. The molecule has 0 fully saturated rings. The van der Waals surface area contributed by atoms with E-state index >= 15 is 0 Å². The summed E-state index contributed by atoms with van der Waals surface area (Å²) in [7, 11) is 0. The van der Waals surface area contributed by atoms with E-state index in [2.05, 4.69) is 27.3 Å². The maximum Gasteiger partial charge on any atom is 0.237 e. The molecule has 0 aliphatic heterocycles. The Hall–Kier alpha value is -3.13. The number of ether oxygens (including phenoxy) is 1. The minimum absolute atomic E-state index is 0.315. The zero-order valence-corrected chi connectivity index (χ0v) is 18.5. The van der Waals surface area contributed by atoms with Crippen LogP contribution in [0.25, 0.3) is 5.69 Å². The van der Waals surface area contributed by atoms with Crippen molar-refractivity contribution in [3.05, 3.63) is 77.7 Å². The number of thioether (sulfide) groups is 1. The summed E-state index contributed by atoms with van der Waals surface area (Å²) in [6, 6.07) is 18.0. The fourth-order valence-corrected chi connectivity index (χ4v) is 3.90. The van der Waals surface area contributed by atoms with Gasteiger partial charge in [-0.1, -0.05) is 66.7 Å². The van der Waals surface area contributed by atoms with Crippen LogP contribution in [-0.2, 0) is 18.8 Å². The largest absolute Gasteiger partial charge is 0.485 e. The molecule has 0 atom stereocenters. The van der Waals surface area contributed by atoms with Gasteiger partial charge >= 0.3 is 0 Å². The summed E-state index contributed by atoms with van der Waals surface area (Å²) < 4.78 is 13.4. The second-order valence-corrected chi connectivity index (χ2v) is 8.06. The Morgan fingerprint density at radius 1 is 1.03 bits per heavy atom. The fourth-order valence-electron chi connectivity index (χ4n) is 3.10. The van der Waals surface area contributed by atoms with Crippen LogP contribution >= 0.6 is 11.8 Å². The molecule has 0 aliphatic rings. The Kier molecular flexibility index (Phi) is 6.99. The van der Waals surface area contributed by atoms with Crippen LogP contribution in [0, 0.1) is 6.92 Å². The first kappa shape index (κ1) is 21.1. The molecule has 0 bridgehead atoms. The molecule has 2 aromatic carbocycles. The standard InChI is InChI=1S/C23H25N5O2S/c1-3-4-14-20-24-22(30-27-20)16-31-23-26-25-21(28(23)18-11-6-5-7-12-18)15-29-19-13-9-8-10-17(19)2/h5-13H,3-4,14-16H2,1-2H3. The number of hydrogen-bond donors (Lipinski definition) is 0. The maximum atomic E-state index is 6.03. The molecular formula is C23H25N5O2S. The van der Waals surface area contributed by atoms with Crippen molar-refractivity contribution >= 4 is 11.8 Å². The Morgan fingerprint density at radius 2 is 1.84 bits per heavy atom. The summed E-state index contributed by atoms with van der Waals surface area (Å²) in [6.45, 7) is 4.49. The highest BCUT2D eigenvalue weighted by Crippen LogP contribution is 2.26. The zero-order chi connectivity index (χ0) is 21.5. The number of aryl methyl sites for hydroxylation is 2. The van der Waals surface area contributed by atoms with E-state index in [4.69, 9.17) is 9.26 Å². The van der Waals surface area contributed by atoms with E-state index in [1.54, 1.807) is 0 Å². The van der Waals surface area contributed by atoms with E-state index in [1.807, 2.05) is 66.1 Å². The normalized spacial score (nSPS) is 11.0. The molecule has 8 heteroatoms. The highest BCUT2D eigenvalue weighted by Gasteiger charge is 2.17. The lowest BCUT2D eigenvalue weighted by atomic mass is 10.2. The van der Waals surface area contributed by atoms with Crippen LogP contribution in [0.15, 0.2) is 64.3 Å². The van der Waals surface area contributed by atoms with Crippen molar-refractivity contribution in [2.75, 3.05) is 0 Å². The molecule has 0 N–H and O–H groups in total. The van der Waals surface area contributed by atoms with Crippen LogP contribution < -0.4 is 4.74 Å². The Labute approximate surface area is 185 Å². The van der Waals surface area contributed by atoms with Gasteiger partial charge in [0.25, 0.3) is 0 Å². The summed E-state index contributed by atoms with van der Waals surface area (Å²) in [5.41, 5.74) is 2.06. The molecule has 2 heterocycles. The average molecular weight is 436 g/mol. The molecule has 7 nitrogen and oxygen atoms in total. The van der Waals surface area contributed by atoms with Crippen LogP contribution in [0.3, 0.4) is 0 Å². The van der Waals surface area contributed by atoms with Gasteiger partial charge in [0.1, 0.15) is 12.4 Å². The van der Waals surface area contributed by atoms with E-state index in [1.165, 1.54) is 11.8 Å². The van der Waals surface area contributed by atoms with Gasteiger partial charge in [-0.15, -0.1) is 10.2 Å². The average Bonchev–Trinajstić information content (AvgIpc) is 3.43. The van der Waals surface area contributed by atoms with E-state index < -0.39 is 0 Å². The number of benzene rings is 2. The molecule has 4 aromatic rings.